The van der Waals surface area contributed by atoms with Crippen molar-refractivity contribution in [2.75, 3.05) is 6.61 Å². The second-order valence-corrected chi connectivity index (χ2v) is 6.98. The van der Waals surface area contributed by atoms with Gasteiger partial charge >= 0.3 is 0 Å². The molecule has 0 fully saturated rings. The van der Waals surface area contributed by atoms with Gasteiger partial charge < -0.3 is 5.11 Å². The molecule has 3 aromatic heterocycles. The summed E-state index contributed by atoms with van der Waals surface area (Å²) in [6, 6.07) is 1.97. The van der Waals surface area contributed by atoms with Gasteiger partial charge in [-0.25, -0.2) is 9.67 Å². The number of fused-ring (bicyclic) bond motifs is 1. The van der Waals surface area contributed by atoms with Crippen LogP contribution in [0.3, 0.4) is 0 Å². The van der Waals surface area contributed by atoms with Gasteiger partial charge in [0.15, 0.2) is 0 Å². The number of nitrogens with zero attached hydrogens (tertiary/aromatic N) is 7. The van der Waals surface area contributed by atoms with Crippen molar-refractivity contribution in [1.82, 2.24) is 34.6 Å². The van der Waals surface area contributed by atoms with Crippen LogP contribution in [0.2, 0.25) is 0 Å². The van der Waals surface area contributed by atoms with Gasteiger partial charge in [0.25, 0.3) is 11.7 Å². The summed E-state index contributed by atoms with van der Waals surface area (Å²) < 4.78 is 3.39. The first-order valence-electron chi connectivity index (χ1n) is 8.02. The largest absolute Gasteiger partial charge is 0.396 e. The van der Waals surface area contributed by atoms with Crippen molar-refractivity contribution in [3.05, 3.63) is 23.7 Å². The van der Waals surface area contributed by atoms with E-state index >= 15 is 0 Å². The lowest BCUT2D eigenvalue weighted by molar-refractivity contribution is 0.283. The van der Waals surface area contributed by atoms with Gasteiger partial charge in [0.05, 0.1) is 11.9 Å². The third-order valence-electron chi connectivity index (χ3n) is 3.73. The summed E-state index contributed by atoms with van der Waals surface area (Å²) in [6.07, 6.45) is 4.54. The summed E-state index contributed by atoms with van der Waals surface area (Å²) in [5, 5.41) is 27.6. The Kier molecular flexibility index (Phi) is 5.10. The molecule has 0 amide bonds. The summed E-state index contributed by atoms with van der Waals surface area (Å²) in [5.74, 6) is 0.899. The van der Waals surface area contributed by atoms with Crippen LogP contribution in [0.4, 0.5) is 0 Å². The van der Waals surface area contributed by atoms with Crippen molar-refractivity contribution in [1.29, 1.82) is 0 Å². The molecule has 3 heterocycles. The Morgan fingerprint density at radius 2 is 2.08 bits per heavy atom. The van der Waals surface area contributed by atoms with E-state index in [1.54, 1.807) is 27.2 Å². The number of aromatic nitrogens is 7. The smallest absolute Gasteiger partial charge is 0.287 e. The Morgan fingerprint density at radius 1 is 1.25 bits per heavy atom. The third kappa shape index (κ3) is 3.41. The maximum atomic E-state index is 9.03. The molecule has 3 aromatic rings. The highest BCUT2D eigenvalue weighted by Gasteiger charge is 2.15. The second-order valence-electron chi connectivity index (χ2n) is 5.66. The average Bonchev–Trinajstić information content (AvgIpc) is 3.13. The molecule has 0 bridgehead atoms. The molecule has 128 valence electrons. The number of aryl methyl sites for hydroxylation is 2. The summed E-state index contributed by atoms with van der Waals surface area (Å²) in [7, 11) is 0. The zero-order chi connectivity index (χ0) is 17.1. The van der Waals surface area contributed by atoms with Crippen LogP contribution in [0, 0.1) is 13.8 Å². The molecule has 24 heavy (non-hydrogen) atoms. The van der Waals surface area contributed by atoms with Gasteiger partial charge in [-0.15, -0.1) is 27.1 Å². The van der Waals surface area contributed by atoms with Crippen molar-refractivity contribution in [3.63, 3.8) is 0 Å². The molecule has 0 spiro atoms. The molecule has 0 aromatic carbocycles. The van der Waals surface area contributed by atoms with Gasteiger partial charge in [-0.3, -0.25) is 0 Å². The second kappa shape index (κ2) is 7.27. The van der Waals surface area contributed by atoms with Gasteiger partial charge in [0.2, 0.25) is 0 Å². The van der Waals surface area contributed by atoms with E-state index in [9.17, 15) is 0 Å². The van der Waals surface area contributed by atoms with Crippen LogP contribution < -0.4 is 0 Å². The van der Waals surface area contributed by atoms with E-state index in [1.165, 1.54) is 0 Å². The first-order valence-corrected chi connectivity index (χ1v) is 8.90. The standard InChI is InChI=1S/C15H21N7OS/c1-4-12(6-5-7-23)24-13-9-16-14-17-18-15(20-22(13)14)21-11(3)8-10(2)19-21/h8-9,12,23H,4-7H2,1-3H3. The molecule has 8 nitrogen and oxygen atoms in total. The van der Waals surface area contributed by atoms with Crippen molar-refractivity contribution in [2.24, 2.45) is 0 Å². The first kappa shape index (κ1) is 16.8. The summed E-state index contributed by atoms with van der Waals surface area (Å²) >= 11 is 1.71. The lowest BCUT2D eigenvalue weighted by Crippen LogP contribution is -2.11. The number of hydrogen-bond acceptors (Lipinski definition) is 7. The minimum atomic E-state index is 0.218. The molecular weight excluding hydrogens is 326 g/mol. The highest BCUT2D eigenvalue weighted by Crippen LogP contribution is 2.28. The average molecular weight is 347 g/mol. The summed E-state index contributed by atoms with van der Waals surface area (Å²) in [4.78, 5) is 4.28. The van der Waals surface area contributed by atoms with Crippen LogP contribution in [0.25, 0.3) is 11.7 Å². The van der Waals surface area contributed by atoms with Crippen LogP contribution >= 0.6 is 11.8 Å². The molecule has 0 aliphatic carbocycles. The van der Waals surface area contributed by atoms with Gasteiger partial charge in [0.1, 0.15) is 5.03 Å². The van der Waals surface area contributed by atoms with Gasteiger partial charge in [-0.1, -0.05) is 6.92 Å². The maximum absolute atomic E-state index is 9.03. The van der Waals surface area contributed by atoms with Crippen molar-refractivity contribution in [3.8, 4) is 5.95 Å². The van der Waals surface area contributed by atoms with Gasteiger partial charge in [-0.05, 0) is 39.2 Å². The molecular formula is C15H21N7OS. The molecule has 1 N–H and O–H groups in total. The van der Waals surface area contributed by atoms with E-state index < -0.39 is 0 Å². The molecule has 0 saturated heterocycles. The molecule has 0 aliphatic rings. The zero-order valence-corrected chi connectivity index (χ0v) is 14.9. The quantitative estimate of drug-likeness (QED) is 0.653. The Bertz CT molecular complexity index is 828. The Morgan fingerprint density at radius 3 is 2.75 bits per heavy atom. The van der Waals surface area contributed by atoms with E-state index in [1.807, 2.05) is 19.9 Å². The first-order chi connectivity index (χ1) is 11.6. The minimum Gasteiger partial charge on any atom is -0.396 e. The number of thioether (sulfide) groups is 1. The summed E-state index contributed by atoms with van der Waals surface area (Å²) in [6.45, 7) is 6.25. The fourth-order valence-corrected chi connectivity index (χ4v) is 3.64. The Labute approximate surface area is 144 Å². The van der Waals surface area contributed by atoms with E-state index in [0.717, 1.165) is 35.7 Å². The highest BCUT2D eigenvalue weighted by molar-refractivity contribution is 7.99. The predicted octanol–water partition coefficient (Wildman–Crippen LogP) is 1.97. The number of rotatable bonds is 7. The fraction of sp³-hybridized carbons (Fsp3) is 0.533. The van der Waals surface area contributed by atoms with Crippen molar-refractivity contribution >= 4 is 17.5 Å². The maximum Gasteiger partial charge on any atom is 0.287 e. The number of hydrogen-bond donors (Lipinski definition) is 1. The zero-order valence-electron chi connectivity index (χ0n) is 14.0. The monoisotopic (exact) mass is 347 g/mol. The summed E-state index contributed by atoms with van der Waals surface area (Å²) in [5.41, 5.74) is 1.86. The van der Waals surface area contributed by atoms with E-state index in [-0.39, 0.29) is 6.61 Å². The van der Waals surface area contributed by atoms with Gasteiger partial charge in [0, 0.05) is 17.6 Å². The molecule has 0 aliphatic heterocycles. The SMILES string of the molecule is CCC(CCCO)Sc1cnc2nnc(-n3nc(C)cc3C)nn12. The van der Waals surface area contributed by atoms with E-state index in [2.05, 4.69) is 32.3 Å². The Balaban J connectivity index is 1.92. The highest BCUT2D eigenvalue weighted by atomic mass is 32.2. The van der Waals surface area contributed by atoms with Gasteiger partial charge in [-0.2, -0.15) is 9.61 Å². The molecule has 0 saturated carbocycles. The predicted molar refractivity (Wildman–Crippen MR) is 91.4 cm³/mol. The number of aliphatic hydroxyl groups excluding tert-OH is 1. The van der Waals surface area contributed by atoms with E-state index in [4.69, 9.17) is 5.11 Å². The minimum absolute atomic E-state index is 0.218. The van der Waals surface area contributed by atoms with Crippen molar-refractivity contribution in [2.45, 2.75) is 50.3 Å². The number of aliphatic hydroxyl groups is 1. The molecule has 1 atom stereocenters. The normalized spacial score (nSPS) is 12.8. The Hall–Kier alpha value is -2.00. The van der Waals surface area contributed by atoms with Crippen LogP contribution in [0.5, 0.6) is 0 Å². The topological polar surface area (TPSA) is 94.0 Å². The van der Waals surface area contributed by atoms with E-state index in [0.29, 0.717) is 17.0 Å². The van der Waals surface area contributed by atoms with Crippen molar-refractivity contribution < 1.29 is 5.11 Å². The van der Waals surface area contributed by atoms with Crippen LogP contribution in [-0.4, -0.2) is 51.5 Å². The molecule has 0 radical (unpaired) electrons. The van der Waals surface area contributed by atoms with Crippen LogP contribution in [0.1, 0.15) is 37.6 Å². The molecule has 3 rings (SSSR count). The fourth-order valence-electron chi connectivity index (χ4n) is 2.51. The third-order valence-corrected chi connectivity index (χ3v) is 5.16. The molecule has 9 heteroatoms. The molecule has 1 unspecified atom stereocenters. The number of imidazole rings is 1. The van der Waals surface area contributed by atoms with Crippen LogP contribution in [0.15, 0.2) is 17.3 Å². The van der Waals surface area contributed by atoms with Crippen LogP contribution in [-0.2, 0) is 0 Å². The lowest BCUT2D eigenvalue weighted by Gasteiger charge is -2.12. The lowest BCUT2D eigenvalue weighted by atomic mass is 10.2.